The van der Waals surface area contributed by atoms with Crippen LogP contribution in [-0.2, 0) is 9.47 Å². The molecule has 0 aliphatic carbocycles. The summed E-state index contributed by atoms with van der Waals surface area (Å²) in [5, 5.41) is 0.607. The van der Waals surface area contributed by atoms with Crippen molar-refractivity contribution in [3.63, 3.8) is 0 Å². The predicted molar refractivity (Wildman–Crippen MR) is 60.7 cm³/mol. The third-order valence-electron chi connectivity index (χ3n) is 2.53. The summed E-state index contributed by atoms with van der Waals surface area (Å²) < 4.78 is 10.3. The zero-order valence-electron chi connectivity index (χ0n) is 9.03. The normalized spacial score (nSPS) is 17.6. The van der Waals surface area contributed by atoms with Crippen molar-refractivity contribution in [3.05, 3.63) is 34.9 Å². The largest absolute Gasteiger partial charge is 0.461 e. The zero-order chi connectivity index (χ0) is 11.6. The Labute approximate surface area is 99.3 Å². The molecule has 86 valence electrons. The summed E-state index contributed by atoms with van der Waals surface area (Å²) in [6.07, 6.45) is 0. The van der Waals surface area contributed by atoms with Crippen molar-refractivity contribution in [2.24, 2.45) is 5.41 Å². The molecule has 1 heterocycles. The van der Waals surface area contributed by atoms with Gasteiger partial charge in [-0.3, -0.25) is 0 Å². The van der Waals surface area contributed by atoms with E-state index < -0.39 is 0 Å². The number of hydrogen-bond donors (Lipinski definition) is 0. The minimum atomic E-state index is -0.315. The second-order valence-electron chi connectivity index (χ2n) is 4.39. The Morgan fingerprint density at radius 1 is 1.44 bits per heavy atom. The fourth-order valence-corrected chi connectivity index (χ4v) is 1.57. The molecular weight excluding hydrogens is 228 g/mol. The molecule has 0 amide bonds. The highest BCUT2D eigenvalue weighted by molar-refractivity contribution is 6.30. The lowest BCUT2D eigenvalue weighted by molar-refractivity contribution is -0.127. The van der Waals surface area contributed by atoms with Gasteiger partial charge in [0.15, 0.2) is 0 Å². The second-order valence-corrected chi connectivity index (χ2v) is 4.82. The number of carbonyl (C=O) groups excluding carboxylic acids is 1. The molecule has 1 fully saturated rings. The van der Waals surface area contributed by atoms with Crippen LogP contribution in [0.2, 0.25) is 5.02 Å². The Bertz CT molecular complexity index is 382. The first-order valence-corrected chi connectivity index (χ1v) is 5.47. The molecule has 0 atom stereocenters. The van der Waals surface area contributed by atoms with E-state index in [0.717, 1.165) is 0 Å². The lowest BCUT2D eigenvalue weighted by Crippen LogP contribution is -2.44. The molecule has 0 saturated carbocycles. The molecule has 1 aromatic rings. The first kappa shape index (κ1) is 11.4. The van der Waals surface area contributed by atoms with E-state index in [-0.39, 0.29) is 11.4 Å². The third kappa shape index (κ3) is 2.54. The van der Waals surface area contributed by atoms with Crippen molar-refractivity contribution >= 4 is 17.6 Å². The number of halogens is 1. The molecule has 2 rings (SSSR count). The molecule has 1 aromatic carbocycles. The minimum absolute atomic E-state index is 0.0118. The highest BCUT2D eigenvalue weighted by Gasteiger charge is 2.34. The van der Waals surface area contributed by atoms with Crippen LogP contribution in [0.4, 0.5) is 0 Å². The van der Waals surface area contributed by atoms with E-state index in [4.69, 9.17) is 21.1 Å². The van der Waals surface area contributed by atoms with E-state index in [0.29, 0.717) is 30.4 Å². The van der Waals surface area contributed by atoms with Crippen LogP contribution in [0.15, 0.2) is 24.3 Å². The maximum atomic E-state index is 11.6. The van der Waals surface area contributed by atoms with Crippen LogP contribution < -0.4 is 0 Å². The van der Waals surface area contributed by atoms with E-state index in [1.807, 2.05) is 6.92 Å². The Balaban J connectivity index is 1.90. The molecule has 0 N–H and O–H groups in total. The van der Waals surface area contributed by atoms with Gasteiger partial charge in [-0.05, 0) is 24.3 Å². The van der Waals surface area contributed by atoms with Crippen LogP contribution in [0.25, 0.3) is 0 Å². The third-order valence-corrected chi connectivity index (χ3v) is 2.78. The number of benzene rings is 1. The van der Waals surface area contributed by atoms with E-state index in [2.05, 4.69) is 0 Å². The Morgan fingerprint density at radius 3 is 2.56 bits per heavy atom. The zero-order valence-corrected chi connectivity index (χ0v) is 9.79. The van der Waals surface area contributed by atoms with Crippen molar-refractivity contribution in [3.8, 4) is 0 Å². The van der Waals surface area contributed by atoms with Crippen molar-refractivity contribution < 1.29 is 14.3 Å². The Hall–Kier alpha value is -1.06. The van der Waals surface area contributed by atoms with Gasteiger partial charge in [-0.15, -0.1) is 0 Å². The van der Waals surface area contributed by atoms with Gasteiger partial charge >= 0.3 is 5.97 Å². The second kappa shape index (κ2) is 4.44. The van der Waals surface area contributed by atoms with Gasteiger partial charge in [0.1, 0.15) is 6.61 Å². The number of hydrogen-bond acceptors (Lipinski definition) is 3. The van der Waals surface area contributed by atoms with Crippen molar-refractivity contribution in [1.82, 2.24) is 0 Å². The van der Waals surface area contributed by atoms with Crippen molar-refractivity contribution in [1.29, 1.82) is 0 Å². The highest BCUT2D eigenvalue weighted by atomic mass is 35.5. The van der Waals surface area contributed by atoms with E-state index in [1.54, 1.807) is 24.3 Å². The molecule has 0 spiro atoms. The first-order chi connectivity index (χ1) is 7.59. The van der Waals surface area contributed by atoms with Gasteiger partial charge in [0, 0.05) is 10.4 Å². The average Bonchev–Trinajstić information content (AvgIpc) is 2.24. The quantitative estimate of drug-likeness (QED) is 0.762. The maximum absolute atomic E-state index is 11.6. The lowest BCUT2D eigenvalue weighted by atomic mass is 9.90. The van der Waals surface area contributed by atoms with E-state index >= 15 is 0 Å². The highest BCUT2D eigenvalue weighted by Crippen LogP contribution is 2.26. The van der Waals surface area contributed by atoms with Crippen LogP contribution in [0.3, 0.4) is 0 Å². The summed E-state index contributed by atoms with van der Waals surface area (Å²) in [7, 11) is 0. The molecule has 4 heteroatoms. The van der Waals surface area contributed by atoms with Crippen LogP contribution in [-0.4, -0.2) is 25.8 Å². The summed E-state index contributed by atoms with van der Waals surface area (Å²) >= 11 is 5.73. The summed E-state index contributed by atoms with van der Waals surface area (Å²) in [6.45, 7) is 3.74. The van der Waals surface area contributed by atoms with Crippen molar-refractivity contribution in [2.45, 2.75) is 6.92 Å². The standard InChI is InChI=1S/C12H13ClO3/c1-12(6-15-7-12)8-16-11(14)9-2-4-10(13)5-3-9/h2-5H,6-8H2,1H3. The number of ether oxygens (including phenoxy) is 2. The number of esters is 1. The van der Waals surface area contributed by atoms with Gasteiger partial charge in [-0.1, -0.05) is 18.5 Å². The average molecular weight is 241 g/mol. The molecule has 0 bridgehead atoms. The molecular formula is C12H13ClO3. The van der Waals surface area contributed by atoms with Gasteiger partial charge in [-0.25, -0.2) is 4.79 Å². The summed E-state index contributed by atoms with van der Waals surface area (Å²) in [5.41, 5.74) is 0.510. The lowest BCUT2D eigenvalue weighted by Gasteiger charge is -2.37. The van der Waals surface area contributed by atoms with Gasteiger partial charge in [0.25, 0.3) is 0 Å². The molecule has 3 nitrogen and oxygen atoms in total. The van der Waals surface area contributed by atoms with Gasteiger partial charge in [-0.2, -0.15) is 0 Å². The maximum Gasteiger partial charge on any atom is 0.338 e. The number of rotatable bonds is 3. The smallest absolute Gasteiger partial charge is 0.338 e. The summed E-state index contributed by atoms with van der Waals surface area (Å²) in [4.78, 5) is 11.6. The SMILES string of the molecule is CC1(COC(=O)c2ccc(Cl)cc2)COC1. The van der Waals surface area contributed by atoms with Crippen LogP contribution in [0, 0.1) is 5.41 Å². The minimum Gasteiger partial charge on any atom is -0.461 e. The predicted octanol–water partition coefficient (Wildman–Crippen LogP) is 2.53. The topological polar surface area (TPSA) is 35.5 Å². The van der Waals surface area contributed by atoms with Gasteiger partial charge < -0.3 is 9.47 Å². The van der Waals surface area contributed by atoms with Crippen LogP contribution >= 0.6 is 11.6 Å². The van der Waals surface area contributed by atoms with Crippen LogP contribution in [0.5, 0.6) is 0 Å². The fourth-order valence-electron chi connectivity index (χ4n) is 1.44. The molecule has 1 saturated heterocycles. The Morgan fingerprint density at radius 2 is 2.06 bits per heavy atom. The summed E-state index contributed by atoms with van der Waals surface area (Å²) in [5.74, 6) is -0.315. The fraction of sp³-hybridized carbons (Fsp3) is 0.417. The molecule has 0 aromatic heterocycles. The molecule has 16 heavy (non-hydrogen) atoms. The molecule has 1 aliphatic rings. The molecule has 1 aliphatic heterocycles. The van der Waals surface area contributed by atoms with E-state index in [1.165, 1.54) is 0 Å². The molecule has 0 unspecified atom stereocenters. The molecule has 0 radical (unpaired) electrons. The van der Waals surface area contributed by atoms with Gasteiger partial charge in [0.05, 0.1) is 18.8 Å². The van der Waals surface area contributed by atoms with Gasteiger partial charge in [0.2, 0.25) is 0 Å². The van der Waals surface area contributed by atoms with Crippen LogP contribution in [0.1, 0.15) is 17.3 Å². The number of carbonyl (C=O) groups is 1. The van der Waals surface area contributed by atoms with E-state index in [9.17, 15) is 4.79 Å². The van der Waals surface area contributed by atoms with Crippen molar-refractivity contribution in [2.75, 3.05) is 19.8 Å². The summed E-state index contributed by atoms with van der Waals surface area (Å²) in [6, 6.07) is 6.66. The Kier molecular flexibility index (Phi) is 3.17. The monoisotopic (exact) mass is 240 g/mol. The first-order valence-electron chi connectivity index (χ1n) is 5.10.